The monoisotopic (exact) mass is 307 g/mol. The fourth-order valence-corrected chi connectivity index (χ4v) is 2.47. The predicted octanol–water partition coefficient (Wildman–Crippen LogP) is 5.80. The van der Waals surface area contributed by atoms with Crippen molar-refractivity contribution in [3.05, 3.63) is 63.6 Å². The summed E-state index contributed by atoms with van der Waals surface area (Å²) in [5, 5.41) is 4.46. The van der Waals surface area contributed by atoms with Gasteiger partial charge in [0.05, 0.1) is 15.7 Å². The molecule has 0 unspecified atom stereocenters. The van der Waals surface area contributed by atoms with E-state index in [1.807, 2.05) is 12.1 Å². The van der Waals surface area contributed by atoms with Crippen molar-refractivity contribution in [2.24, 2.45) is 5.92 Å². The van der Waals surface area contributed by atoms with Gasteiger partial charge in [0, 0.05) is 6.54 Å². The fraction of sp³-hybridized carbons (Fsp3) is 0.294. The molecule has 0 saturated carbocycles. The van der Waals surface area contributed by atoms with Crippen molar-refractivity contribution in [2.45, 2.75) is 26.8 Å². The van der Waals surface area contributed by atoms with Gasteiger partial charge in [-0.2, -0.15) is 0 Å². The molecule has 1 N–H and O–H groups in total. The SMILES string of the molecule is CC(C)Cc1ccc(CNc2cccc(Cl)c2Cl)cc1. The van der Waals surface area contributed by atoms with E-state index in [9.17, 15) is 0 Å². The lowest BCUT2D eigenvalue weighted by atomic mass is 10.0. The van der Waals surface area contributed by atoms with Gasteiger partial charge in [0.2, 0.25) is 0 Å². The molecule has 2 rings (SSSR count). The molecule has 0 radical (unpaired) electrons. The average molecular weight is 308 g/mol. The summed E-state index contributed by atoms with van der Waals surface area (Å²) in [5.74, 6) is 0.684. The number of benzene rings is 2. The van der Waals surface area contributed by atoms with Crippen LogP contribution in [0.5, 0.6) is 0 Å². The normalized spacial score (nSPS) is 10.8. The molecule has 0 aliphatic heterocycles. The molecule has 106 valence electrons. The van der Waals surface area contributed by atoms with Crippen LogP contribution in [0.15, 0.2) is 42.5 Å². The van der Waals surface area contributed by atoms with E-state index in [-0.39, 0.29) is 0 Å². The van der Waals surface area contributed by atoms with E-state index in [4.69, 9.17) is 23.2 Å². The number of rotatable bonds is 5. The van der Waals surface area contributed by atoms with Crippen molar-refractivity contribution in [1.82, 2.24) is 0 Å². The zero-order valence-corrected chi connectivity index (χ0v) is 13.3. The summed E-state index contributed by atoms with van der Waals surface area (Å²) >= 11 is 12.1. The van der Waals surface area contributed by atoms with Gasteiger partial charge < -0.3 is 5.32 Å². The summed E-state index contributed by atoms with van der Waals surface area (Å²) in [6.07, 6.45) is 1.12. The first-order valence-electron chi connectivity index (χ1n) is 6.82. The smallest absolute Gasteiger partial charge is 0.0823 e. The third kappa shape index (κ3) is 4.16. The average Bonchev–Trinajstić information content (AvgIpc) is 2.41. The molecule has 0 atom stereocenters. The third-order valence-corrected chi connectivity index (χ3v) is 3.92. The molecule has 2 aromatic rings. The minimum atomic E-state index is 0.573. The number of halogens is 2. The zero-order chi connectivity index (χ0) is 14.5. The summed E-state index contributed by atoms with van der Waals surface area (Å²) in [7, 11) is 0. The fourth-order valence-electron chi connectivity index (χ4n) is 2.10. The lowest BCUT2D eigenvalue weighted by Gasteiger charge is -2.10. The molecule has 20 heavy (non-hydrogen) atoms. The van der Waals surface area contributed by atoms with Crippen LogP contribution < -0.4 is 5.32 Å². The predicted molar refractivity (Wildman–Crippen MR) is 88.8 cm³/mol. The largest absolute Gasteiger partial charge is 0.380 e. The highest BCUT2D eigenvalue weighted by Crippen LogP contribution is 2.29. The van der Waals surface area contributed by atoms with Crippen LogP contribution >= 0.6 is 23.2 Å². The standard InChI is InChI=1S/C17H19Cl2N/c1-12(2)10-13-6-8-14(9-7-13)11-20-16-5-3-4-15(18)17(16)19/h3-9,12,20H,10-11H2,1-2H3. The molecule has 0 spiro atoms. The van der Waals surface area contributed by atoms with Gasteiger partial charge in [-0.05, 0) is 35.6 Å². The first-order chi connectivity index (χ1) is 9.56. The van der Waals surface area contributed by atoms with Crippen LogP contribution in [0.1, 0.15) is 25.0 Å². The number of nitrogens with one attached hydrogen (secondary N) is 1. The van der Waals surface area contributed by atoms with Gasteiger partial charge in [-0.15, -0.1) is 0 Å². The van der Waals surface area contributed by atoms with E-state index in [2.05, 4.69) is 43.4 Å². The van der Waals surface area contributed by atoms with Crippen LogP contribution in [0.25, 0.3) is 0 Å². The van der Waals surface area contributed by atoms with Crippen molar-refractivity contribution in [1.29, 1.82) is 0 Å². The van der Waals surface area contributed by atoms with Crippen molar-refractivity contribution >= 4 is 28.9 Å². The number of hydrogen-bond donors (Lipinski definition) is 1. The van der Waals surface area contributed by atoms with Crippen LogP contribution in [0, 0.1) is 5.92 Å². The van der Waals surface area contributed by atoms with Gasteiger partial charge in [-0.3, -0.25) is 0 Å². The Bertz CT molecular complexity index is 562. The summed E-state index contributed by atoms with van der Waals surface area (Å²) in [6.45, 7) is 5.20. The highest BCUT2D eigenvalue weighted by molar-refractivity contribution is 6.43. The van der Waals surface area contributed by atoms with Crippen LogP contribution in [0.3, 0.4) is 0 Å². The van der Waals surface area contributed by atoms with Crippen LogP contribution in [-0.4, -0.2) is 0 Å². The van der Waals surface area contributed by atoms with Crippen LogP contribution in [0.4, 0.5) is 5.69 Å². The molecular weight excluding hydrogens is 289 g/mol. The Balaban J connectivity index is 1.99. The minimum absolute atomic E-state index is 0.573. The second-order valence-corrected chi connectivity index (χ2v) is 6.15. The molecule has 0 aliphatic carbocycles. The zero-order valence-electron chi connectivity index (χ0n) is 11.8. The molecule has 0 aromatic heterocycles. The van der Waals surface area contributed by atoms with Crippen LogP contribution in [0.2, 0.25) is 10.0 Å². The maximum atomic E-state index is 6.15. The number of hydrogen-bond acceptors (Lipinski definition) is 1. The van der Waals surface area contributed by atoms with Gasteiger partial charge in [-0.25, -0.2) is 0 Å². The molecule has 0 bridgehead atoms. The third-order valence-electron chi connectivity index (χ3n) is 3.10. The second-order valence-electron chi connectivity index (χ2n) is 5.37. The maximum Gasteiger partial charge on any atom is 0.0823 e. The van der Waals surface area contributed by atoms with E-state index < -0.39 is 0 Å². The lowest BCUT2D eigenvalue weighted by molar-refractivity contribution is 0.647. The first kappa shape index (κ1) is 15.2. The molecule has 0 saturated heterocycles. The summed E-state index contributed by atoms with van der Waals surface area (Å²) in [5.41, 5.74) is 3.48. The molecule has 0 heterocycles. The topological polar surface area (TPSA) is 12.0 Å². The molecule has 0 aliphatic rings. The molecule has 2 aromatic carbocycles. The Morgan fingerprint density at radius 1 is 0.950 bits per heavy atom. The van der Waals surface area contributed by atoms with Gasteiger partial charge in [0.1, 0.15) is 0 Å². The van der Waals surface area contributed by atoms with Crippen molar-refractivity contribution in [3.8, 4) is 0 Å². The van der Waals surface area contributed by atoms with Crippen molar-refractivity contribution < 1.29 is 0 Å². The van der Waals surface area contributed by atoms with E-state index in [1.54, 1.807) is 6.07 Å². The summed E-state index contributed by atoms with van der Waals surface area (Å²) < 4.78 is 0. The quantitative estimate of drug-likeness (QED) is 0.735. The summed E-state index contributed by atoms with van der Waals surface area (Å²) in [4.78, 5) is 0. The van der Waals surface area contributed by atoms with Crippen LogP contribution in [-0.2, 0) is 13.0 Å². The maximum absolute atomic E-state index is 6.15. The van der Waals surface area contributed by atoms with E-state index in [0.717, 1.165) is 18.7 Å². The second kappa shape index (κ2) is 7.01. The summed E-state index contributed by atoms with van der Waals surface area (Å²) in [6, 6.07) is 14.3. The van der Waals surface area contributed by atoms with Gasteiger partial charge in [-0.1, -0.05) is 67.4 Å². The van der Waals surface area contributed by atoms with E-state index >= 15 is 0 Å². The minimum Gasteiger partial charge on any atom is -0.380 e. The Morgan fingerprint density at radius 2 is 1.60 bits per heavy atom. The van der Waals surface area contributed by atoms with Crippen molar-refractivity contribution in [2.75, 3.05) is 5.32 Å². The van der Waals surface area contributed by atoms with Crippen molar-refractivity contribution in [3.63, 3.8) is 0 Å². The highest BCUT2D eigenvalue weighted by atomic mass is 35.5. The van der Waals surface area contributed by atoms with Gasteiger partial charge in [0.25, 0.3) is 0 Å². The first-order valence-corrected chi connectivity index (χ1v) is 7.57. The van der Waals surface area contributed by atoms with E-state index in [1.165, 1.54) is 11.1 Å². The molecule has 0 fully saturated rings. The Kier molecular flexibility index (Phi) is 5.33. The molecule has 1 nitrogen and oxygen atoms in total. The van der Waals surface area contributed by atoms with E-state index in [0.29, 0.717) is 16.0 Å². The lowest BCUT2D eigenvalue weighted by Crippen LogP contribution is -2.01. The Hall–Kier alpha value is -1.18. The molecule has 3 heteroatoms. The highest BCUT2D eigenvalue weighted by Gasteiger charge is 2.04. The Labute approximate surface area is 130 Å². The van der Waals surface area contributed by atoms with Gasteiger partial charge >= 0.3 is 0 Å². The number of anilines is 1. The van der Waals surface area contributed by atoms with Gasteiger partial charge in [0.15, 0.2) is 0 Å². The molecular formula is C17H19Cl2N. The molecule has 0 amide bonds. The Morgan fingerprint density at radius 3 is 2.25 bits per heavy atom.